The Kier molecular flexibility index (Phi) is 8.94. The Morgan fingerprint density at radius 1 is 1.03 bits per heavy atom. The molecule has 3 rings (SSSR count). The van der Waals surface area contributed by atoms with Gasteiger partial charge in [0.25, 0.3) is 0 Å². The zero-order valence-electron chi connectivity index (χ0n) is 21.2. The minimum absolute atomic E-state index is 0.138. The second kappa shape index (κ2) is 11.7. The van der Waals surface area contributed by atoms with Gasteiger partial charge < -0.3 is 10.2 Å². The van der Waals surface area contributed by atoms with Gasteiger partial charge in [-0.3, -0.25) is 13.9 Å². The number of nitrogens with one attached hydrogen (secondary N) is 1. The highest BCUT2D eigenvalue weighted by atomic mass is 32.2. The van der Waals surface area contributed by atoms with Gasteiger partial charge in [0.2, 0.25) is 21.8 Å². The summed E-state index contributed by atoms with van der Waals surface area (Å²) in [6, 6.07) is 14.6. The molecule has 1 N–H and O–H groups in total. The van der Waals surface area contributed by atoms with Crippen molar-refractivity contribution in [1.82, 2.24) is 10.2 Å². The van der Waals surface area contributed by atoms with Crippen LogP contribution in [-0.2, 0) is 26.0 Å². The molecule has 0 aliphatic heterocycles. The van der Waals surface area contributed by atoms with Crippen molar-refractivity contribution in [2.45, 2.75) is 65.0 Å². The van der Waals surface area contributed by atoms with Gasteiger partial charge in [0.1, 0.15) is 12.6 Å². The normalized spacial score (nSPS) is 15.0. The van der Waals surface area contributed by atoms with Crippen molar-refractivity contribution in [2.24, 2.45) is 0 Å². The zero-order valence-corrected chi connectivity index (χ0v) is 22.0. The summed E-state index contributed by atoms with van der Waals surface area (Å²) >= 11 is 0. The van der Waals surface area contributed by atoms with Gasteiger partial charge in [0.05, 0.1) is 11.9 Å². The lowest BCUT2D eigenvalue weighted by molar-refractivity contribution is -0.139. The topological polar surface area (TPSA) is 86.8 Å². The van der Waals surface area contributed by atoms with Crippen molar-refractivity contribution in [1.29, 1.82) is 0 Å². The maximum absolute atomic E-state index is 13.6. The van der Waals surface area contributed by atoms with Crippen LogP contribution in [0.3, 0.4) is 0 Å². The van der Waals surface area contributed by atoms with Gasteiger partial charge >= 0.3 is 0 Å². The predicted octanol–water partition coefficient (Wildman–Crippen LogP) is 3.59. The Bertz CT molecular complexity index is 1110. The molecule has 1 atom stereocenters. The van der Waals surface area contributed by atoms with Gasteiger partial charge in [-0.25, -0.2) is 8.42 Å². The quantitative estimate of drug-likeness (QED) is 0.541. The maximum Gasteiger partial charge on any atom is 0.244 e. The standard InChI is InChI=1S/C27H37N3O4S/c1-20-16-21(2)18-25(17-20)30(35(4,33)34)19-26(31)29(15-14-23-10-6-5-7-11-23)22(3)27(32)28-24-12-8-9-13-24/h5-7,10-11,16-18,22,24H,8-9,12-15,19H2,1-4H3,(H,28,32). The van der Waals surface area contributed by atoms with Crippen LogP contribution in [0.15, 0.2) is 48.5 Å². The number of sulfonamides is 1. The Hall–Kier alpha value is -2.87. The van der Waals surface area contributed by atoms with Gasteiger partial charge in [-0.05, 0) is 68.9 Å². The third kappa shape index (κ3) is 7.56. The average molecular weight is 500 g/mol. The monoisotopic (exact) mass is 499 g/mol. The van der Waals surface area contributed by atoms with Crippen LogP contribution in [-0.4, -0.2) is 56.6 Å². The lowest BCUT2D eigenvalue weighted by Crippen LogP contribution is -2.53. The van der Waals surface area contributed by atoms with Crippen LogP contribution >= 0.6 is 0 Å². The molecule has 1 aliphatic rings. The SMILES string of the molecule is Cc1cc(C)cc(N(CC(=O)N(CCc2ccccc2)C(C)C(=O)NC2CCCC2)S(C)(=O)=O)c1. The highest BCUT2D eigenvalue weighted by Crippen LogP contribution is 2.22. The molecule has 1 aliphatic carbocycles. The minimum atomic E-state index is -3.73. The summed E-state index contributed by atoms with van der Waals surface area (Å²) in [4.78, 5) is 28.2. The van der Waals surface area contributed by atoms with Gasteiger partial charge in [-0.15, -0.1) is 0 Å². The van der Waals surface area contributed by atoms with E-state index >= 15 is 0 Å². The largest absolute Gasteiger partial charge is 0.352 e. The fourth-order valence-electron chi connectivity index (χ4n) is 4.67. The van der Waals surface area contributed by atoms with Crippen molar-refractivity contribution in [3.8, 4) is 0 Å². The zero-order chi connectivity index (χ0) is 25.6. The fraction of sp³-hybridized carbons (Fsp3) is 0.481. The number of carbonyl (C=O) groups excluding carboxylic acids is 2. The first kappa shape index (κ1) is 26.7. The van der Waals surface area contributed by atoms with Crippen molar-refractivity contribution >= 4 is 27.5 Å². The maximum atomic E-state index is 13.6. The molecular formula is C27H37N3O4S. The van der Waals surface area contributed by atoms with E-state index in [0.29, 0.717) is 18.7 Å². The lowest BCUT2D eigenvalue weighted by Gasteiger charge is -2.32. The van der Waals surface area contributed by atoms with Gasteiger partial charge in [0, 0.05) is 12.6 Å². The van der Waals surface area contributed by atoms with Gasteiger partial charge in [-0.2, -0.15) is 0 Å². The van der Waals surface area contributed by atoms with E-state index in [-0.39, 0.29) is 18.5 Å². The second-order valence-corrected chi connectivity index (χ2v) is 11.5. The molecule has 7 nitrogen and oxygen atoms in total. The van der Waals surface area contributed by atoms with Crippen LogP contribution in [0.5, 0.6) is 0 Å². The van der Waals surface area contributed by atoms with Gasteiger partial charge in [-0.1, -0.05) is 49.2 Å². The number of carbonyl (C=O) groups is 2. The molecule has 1 saturated carbocycles. The molecule has 1 fully saturated rings. The molecule has 0 aromatic heterocycles. The predicted molar refractivity (Wildman–Crippen MR) is 140 cm³/mol. The number of nitrogens with zero attached hydrogens (tertiary/aromatic N) is 2. The molecule has 0 saturated heterocycles. The molecule has 0 radical (unpaired) electrons. The number of amides is 2. The van der Waals surface area contributed by atoms with Crippen molar-refractivity contribution in [3.05, 3.63) is 65.2 Å². The van der Waals surface area contributed by atoms with E-state index in [1.165, 1.54) is 4.90 Å². The number of aryl methyl sites for hydroxylation is 2. The summed E-state index contributed by atoms with van der Waals surface area (Å²) in [5.41, 5.74) is 3.31. The summed E-state index contributed by atoms with van der Waals surface area (Å²) in [7, 11) is -3.73. The van der Waals surface area contributed by atoms with Gasteiger partial charge in [0.15, 0.2) is 0 Å². The van der Waals surface area contributed by atoms with Crippen LogP contribution in [0.1, 0.15) is 49.3 Å². The van der Waals surface area contributed by atoms with E-state index in [2.05, 4.69) is 5.32 Å². The molecule has 35 heavy (non-hydrogen) atoms. The molecule has 0 spiro atoms. The summed E-state index contributed by atoms with van der Waals surface area (Å²) in [5.74, 6) is -0.602. The highest BCUT2D eigenvalue weighted by molar-refractivity contribution is 7.92. The van der Waals surface area contributed by atoms with Crippen LogP contribution in [0.25, 0.3) is 0 Å². The second-order valence-electron chi connectivity index (χ2n) is 9.60. The van der Waals surface area contributed by atoms with E-state index in [4.69, 9.17) is 0 Å². The first-order valence-electron chi connectivity index (χ1n) is 12.2. The highest BCUT2D eigenvalue weighted by Gasteiger charge is 2.31. The summed E-state index contributed by atoms with van der Waals surface area (Å²) in [5, 5.41) is 3.08. The van der Waals surface area contributed by atoms with E-state index in [1.807, 2.05) is 50.2 Å². The first-order chi connectivity index (χ1) is 16.5. The third-order valence-corrected chi connectivity index (χ3v) is 7.67. The van der Waals surface area contributed by atoms with Crippen molar-refractivity contribution in [2.75, 3.05) is 23.7 Å². The third-order valence-electron chi connectivity index (χ3n) is 6.53. The van der Waals surface area contributed by atoms with Crippen LogP contribution in [0.4, 0.5) is 5.69 Å². The number of hydrogen-bond acceptors (Lipinski definition) is 4. The smallest absolute Gasteiger partial charge is 0.244 e. The van der Waals surface area contributed by atoms with E-state index < -0.39 is 22.0 Å². The Balaban J connectivity index is 1.84. The molecule has 0 bridgehead atoms. The Labute approximate surface area is 209 Å². The number of hydrogen-bond donors (Lipinski definition) is 1. The molecule has 190 valence electrons. The average Bonchev–Trinajstić information content (AvgIpc) is 3.29. The van der Waals surface area contributed by atoms with Crippen molar-refractivity contribution in [3.63, 3.8) is 0 Å². The summed E-state index contributed by atoms with van der Waals surface area (Å²) in [6.45, 7) is 5.44. The Morgan fingerprint density at radius 2 is 1.63 bits per heavy atom. The molecule has 8 heteroatoms. The fourth-order valence-corrected chi connectivity index (χ4v) is 5.50. The van der Waals surface area contributed by atoms with Crippen LogP contribution in [0, 0.1) is 13.8 Å². The molecule has 2 aromatic rings. The molecule has 0 heterocycles. The summed E-state index contributed by atoms with van der Waals surface area (Å²) < 4.78 is 26.5. The van der Waals surface area contributed by atoms with E-state index in [1.54, 1.807) is 19.1 Å². The molecule has 2 amide bonds. The van der Waals surface area contributed by atoms with Crippen LogP contribution in [0.2, 0.25) is 0 Å². The van der Waals surface area contributed by atoms with Crippen LogP contribution < -0.4 is 9.62 Å². The molecular weight excluding hydrogens is 462 g/mol. The van der Waals surface area contributed by atoms with Crippen molar-refractivity contribution < 1.29 is 18.0 Å². The van der Waals surface area contributed by atoms with E-state index in [0.717, 1.165) is 52.9 Å². The first-order valence-corrected chi connectivity index (χ1v) is 14.1. The molecule has 1 unspecified atom stereocenters. The summed E-state index contributed by atoms with van der Waals surface area (Å²) in [6.07, 6.45) is 5.75. The van der Waals surface area contributed by atoms with E-state index in [9.17, 15) is 18.0 Å². The molecule has 2 aromatic carbocycles. The lowest BCUT2D eigenvalue weighted by atomic mass is 10.1. The minimum Gasteiger partial charge on any atom is -0.352 e. The number of anilines is 1. The Morgan fingerprint density at radius 3 is 2.20 bits per heavy atom. The number of benzene rings is 2. The number of rotatable bonds is 10.